The van der Waals surface area contributed by atoms with E-state index in [0.717, 1.165) is 11.5 Å². The van der Waals surface area contributed by atoms with Gasteiger partial charge in [0.25, 0.3) is 0 Å². The standard InChI is InChI=1S/C13H14NO/c1-4-10(3)11-6-7-12(9-14)13(8-11)15-5-2/h4,6-8H,1,5H2,2-3H3. The van der Waals surface area contributed by atoms with Crippen LogP contribution < -0.4 is 4.74 Å². The number of rotatable bonds is 4. The number of nitriles is 1. The first kappa shape index (κ1) is 11.3. The maximum Gasteiger partial charge on any atom is 0.137 e. The molecule has 0 atom stereocenters. The highest BCUT2D eigenvalue weighted by atomic mass is 16.5. The molecule has 0 unspecified atom stereocenters. The summed E-state index contributed by atoms with van der Waals surface area (Å²) in [7, 11) is 0. The Morgan fingerprint density at radius 1 is 1.60 bits per heavy atom. The van der Waals surface area contributed by atoms with Crippen LogP contribution in [0.3, 0.4) is 0 Å². The van der Waals surface area contributed by atoms with Crippen molar-refractivity contribution < 1.29 is 4.74 Å². The number of ether oxygens (including phenoxy) is 1. The molecule has 0 heterocycles. The molecule has 0 aliphatic heterocycles. The van der Waals surface area contributed by atoms with Gasteiger partial charge in [0.15, 0.2) is 0 Å². The van der Waals surface area contributed by atoms with Crippen molar-refractivity contribution in [1.29, 1.82) is 5.26 Å². The minimum absolute atomic E-state index is 0.561. The van der Waals surface area contributed by atoms with Gasteiger partial charge in [-0.25, -0.2) is 0 Å². The molecule has 15 heavy (non-hydrogen) atoms. The number of hydrogen-bond acceptors (Lipinski definition) is 2. The minimum atomic E-state index is 0.561. The van der Waals surface area contributed by atoms with Crippen LogP contribution in [0.1, 0.15) is 25.0 Å². The average Bonchev–Trinajstić information content (AvgIpc) is 2.28. The van der Waals surface area contributed by atoms with Crippen molar-refractivity contribution in [3.63, 3.8) is 0 Å². The van der Waals surface area contributed by atoms with E-state index in [2.05, 4.69) is 12.6 Å². The normalized spacial score (nSPS) is 9.73. The summed E-state index contributed by atoms with van der Waals surface area (Å²) in [5, 5.41) is 8.87. The largest absolute Gasteiger partial charge is 0.492 e. The number of allylic oxidation sites excluding steroid dienone is 1. The van der Waals surface area contributed by atoms with Crippen LogP contribution in [0.25, 0.3) is 0 Å². The van der Waals surface area contributed by atoms with E-state index in [0.29, 0.717) is 17.9 Å². The summed E-state index contributed by atoms with van der Waals surface area (Å²) in [6, 6.07) is 7.65. The Balaban J connectivity index is 3.10. The maximum absolute atomic E-state index is 8.87. The smallest absolute Gasteiger partial charge is 0.137 e. The fraction of sp³-hybridized carbons (Fsp3) is 0.231. The second-order valence-corrected chi connectivity index (χ2v) is 3.14. The lowest BCUT2D eigenvalue weighted by Crippen LogP contribution is -1.97. The van der Waals surface area contributed by atoms with E-state index in [1.54, 1.807) is 12.1 Å². The SMILES string of the molecule is C=C[C](C)c1ccc(C#N)c(OCC)c1. The first-order chi connectivity index (χ1) is 7.22. The topological polar surface area (TPSA) is 33.0 Å². The number of nitrogens with zero attached hydrogens (tertiary/aromatic N) is 1. The van der Waals surface area contributed by atoms with E-state index < -0.39 is 0 Å². The molecule has 77 valence electrons. The van der Waals surface area contributed by atoms with Crippen LogP contribution in [0, 0.1) is 17.2 Å². The first-order valence-corrected chi connectivity index (χ1v) is 4.86. The van der Waals surface area contributed by atoms with Gasteiger partial charge in [-0.05, 0) is 24.6 Å². The molecule has 2 nitrogen and oxygen atoms in total. The Morgan fingerprint density at radius 3 is 2.87 bits per heavy atom. The van der Waals surface area contributed by atoms with Gasteiger partial charge < -0.3 is 4.74 Å². The lowest BCUT2D eigenvalue weighted by atomic mass is 9.99. The van der Waals surface area contributed by atoms with Gasteiger partial charge in [-0.2, -0.15) is 5.26 Å². The van der Waals surface area contributed by atoms with Crippen LogP contribution in [0.4, 0.5) is 0 Å². The summed E-state index contributed by atoms with van der Waals surface area (Å²) >= 11 is 0. The Kier molecular flexibility index (Phi) is 3.93. The summed E-state index contributed by atoms with van der Waals surface area (Å²) < 4.78 is 5.39. The van der Waals surface area contributed by atoms with Crippen LogP contribution in [-0.2, 0) is 0 Å². The van der Waals surface area contributed by atoms with E-state index in [1.165, 1.54) is 0 Å². The predicted octanol–water partition coefficient (Wildman–Crippen LogP) is 3.09. The van der Waals surface area contributed by atoms with Crippen molar-refractivity contribution in [2.75, 3.05) is 6.61 Å². The van der Waals surface area contributed by atoms with E-state index >= 15 is 0 Å². The minimum Gasteiger partial charge on any atom is -0.492 e. The summed E-state index contributed by atoms with van der Waals surface area (Å²) in [5.74, 6) is 1.71. The molecular weight excluding hydrogens is 186 g/mol. The van der Waals surface area contributed by atoms with Gasteiger partial charge in [0.1, 0.15) is 11.8 Å². The molecule has 0 spiro atoms. The van der Waals surface area contributed by atoms with Gasteiger partial charge in [-0.3, -0.25) is 0 Å². The Morgan fingerprint density at radius 2 is 2.33 bits per heavy atom. The second-order valence-electron chi connectivity index (χ2n) is 3.14. The third kappa shape index (κ3) is 2.60. The third-order valence-corrected chi connectivity index (χ3v) is 2.16. The van der Waals surface area contributed by atoms with Gasteiger partial charge in [-0.15, -0.1) is 6.58 Å². The van der Waals surface area contributed by atoms with Gasteiger partial charge in [0, 0.05) is 5.92 Å². The Labute approximate surface area is 90.8 Å². The van der Waals surface area contributed by atoms with Crippen molar-refractivity contribution in [2.45, 2.75) is 13.8 Å². The van der Waals surface area contributed by atoms with Crippen molar-refractivity contribution in [1.82, 2.24) is 0 Å². The van der Waals surface area contributed by atoms with Crippen molar-refractivity contribution in [2.24, 2.45) is 0 Å². The van der Waals surface area contributed by atoms with E-state index in [-0.39, 0.29) is 0 Å². The molecule has 2 heteroatoms. The number of benzene rings is 1. The summed E-state index contributed by atoms with van der Waals surface area (Å²) in [4.78, 5) is 0. The highest BCUT2D eigenvalue weighted by Crippen LogP contribution is 2.24. The van der Waals surface area contributed by atoms with Gasteiger partial charge in [0.05, 0.1) is 12.2 Å². The molecule has 0 N–H and O–H groups in total. The summed E-state index contributed by atoms with van der Waals surface area (Å²) in [5.41, 5.74) is 1.60. The van der Waals surface area contributed by atoms with Gasteiger partial charge in [0.2, 0.25) is 0 Å². The number of hydrogen-bond donors (Lipinski definition) is 0. The van der Waals surface area contributed by atoms with Gasteiger partial charge >= 0.3 is 0 Å². The lowest BCUT2D eigenvalue weighted by Gasteiger charge is -2.10. The van der Waals surface area contributed by atoms with E-state index in [4.69, 9.17) is 10.00 Å². The maximum atomic E-state index is 8.87. The van der Waals surface area contributed by atoms with Crippen LogP contribution in [0.15, 0.2) is 30.9 Å². The fourth-order valence-electron chi connectivity index (χ4n) is 1.25. The Hall–Kier alpha value is -1.75. The molecule has 0 aliphatic carbocycles. The zero-order chi connectivity index (χ0) is 11.3. The summed E-state index contributed by atoms with van der Waals surface area (Å²) in [6.45, 7) is 8.15. The highest BCUT2D eigenvalue weighted by molar-refractivity contribution is 5.49. The zero-order valence-electron chi connectivity index (χ0n) is 9.08. The first-order valence-electron chi connectivity index (χ1n) is 4.86. The molecule has 0 saturated heterocycles. The molecule has 0 amide bonds. The second kappa shape index (κ2) is 5.21. The quantitative estimate of drug-likeness (QED) is 0.748. The molecule has 1 aromatic carbocycles. The predicted molar refractivity (Wildman–Crippen MR) is 60.5 cm³/mol. The molecule has 0 aliphatic rings. The average molecular weight is 200 g/mol. The molecule has 0 saturated carbocycles. The molecular formula is C13H14NO. The molecule has 1 aromatic rings. The molecule has 1 radical (unpaired) electrons. The van der Waals surface area contributed by atoms with Crippen molar-refractivity contribution in [3.05, 3.63) is 47.9 Å². The zero-order valence-corrected chi connectivity index (χ0v) is 9.08. The van der Waals surface area contributed by atoms with Crippen molar-refractivity contribution >= 4 is 0 Å². The van der Waals surface area contributed by atoms with Crippen LogP contribution in [0.2, 0.25) is 0 Å². The monoisotopic (exact) mass is 200 g/mol. The molecule has 1 rings (SSSR count). The van der Waals surface area contributed by atoms with Gasteiger partial charge in [-0.1, -0.05) is 19.1 Å². The Bertz CT molecular complexity index is 390. The summed E-state index contributed by atoms with van der Waals surface area (Å²) in [6.07, 6.45) is 1.79. The molecule has 0 aromatic heterocycles. The van der Waals surface area contributed by atoms with Crippen LogP contribution in [0.5, 0.6) is 5.75 Å². The lowest BCUT2D eigenvalue weighted by molar-refractivity contribution is 0.339. The van der Waals surface area contributed by atoms with Crippen molar-refractivity contribution in [3.8, 4) is 11.8 Å². The van der Waals surface area contributed by atoms with Crippen LogP contribution >= 0.6 is 0 Å². The van der Waals surface area contributed by atoms with E-state index in [1.807, 2.05) is 26.0 Å². The molecule has 0 fully saturated rings. The fourth-order valence-corrected chi connectivity index (χ4v) is 1.25. The van der Waals surface area contributed by atoms with E-state index in [9.17, 15) is 0 Å². The highest BCUT2D eigenvalue weighted by Gasteiger charge is 2.07. The third-order valence-electron chi connectivity index (χ3n) is 2.16. The van der Waals surface area contributed by atoms with Crippen LogP contribution in [-0.4, -0.2) is 6.61 Å². The molecule has 0 bridgehead atoms.